The number of rotatable bonds is 7. The Morgan fingerprint density at radius 2 is 1.95 bits per heavy atom. The van der Waals surface area contributed by atoms with Gasteiger partial charge in [-0.2, -0.15) is 0 Å². The highest BCUT2D eigenvalue weighted by Gasteiger charge is 2.35. The zero-order valence-corrected chi connectivity index (χ0v) is 25.9. The molecule has 192 valence electrons. The summed E-state index contributed by atoms with van der Waals surface area (Å²) in [5.41, 5.74) is 1.81. The minimum atomic E-state index is -0.825. The summed E-state index contributed by atoms with van der Waals surface area (Å²) in [6, 6.07) is 8.15. The molecule has 0 saturated carbocycles. The summed E-state index contributed by atoms with van der Waals surface area (Å²) in [4.78, 5) is 31.8. The second kappa shape index (κ2) is 11.7. The predicted octanol–water partition coefficient (Wildman–Crippen LogP) is 4.84. The van der Waals surface area contributed by atoms with Gasteiger partial charge in [0.1, 0.15) is 24.1 Å². The molecule has 2 aromatic carbocycles. The molecule has 0 N–H and O–H groups in total. The minimum absolute atomic E-state index is 0.245. The van der Waals surface area contributed by atoms with Gasteiger partial charge < -0.3 is 14.2 Å². The van der Waals surface area contributed by atoms with Crippen LogP contribution in [0.25, 0.3) is 6.08 Å². The summed E-state index contributed by atoms with van der Waals surface area (Å²) in [7, 11) is 2.82. The molecule has 0 unspecified atom stereocenters. The molecule has 3 aromatic rings. The van der Waals surface area contributed by atoms with Gasteiger partial charge in [-0.15, -0.1) is 0 Å². The molecule has 1 atom stereocenters. The van der Waals surface area contributed by atoms with Gasteiger partial charge in [-0.05, 0) is 94.1 Å². The Balaban J connectivity index is 1.95. The number of esters is 1. The fraction of sp³-hybridized carbons (Fsp3) is 0.192. The maximum atomic E-state index is 13.8. The van der Waals surface area contributed by atoms with Crippen molar-refractivity contribution >= 4 is 80.2 Å². The Kier molecular flexibility index (Phi) is 8.81. The summed E-state index contributed by atoms with van der Waals surface area (Å²) in [5, 5.41) is 0.444. The summed E-state index contributed by atoms with van der Waals surface area (Å²) in [6.45, 7) is 5.82. The van der Waals surface area contributed by atoms with Gasteiger partial charge in [-0.1, -0.05) is 35.6 Å². The second-order valence-electron chi connectivity index (χ2n) is 7.87. The Morgan fingerprint density at radius 1 is 1.24 bits per heavy atom. The van der Waals surface area contributed by atoms with Crippen molar-refractivity contribution in [1.29, 1.82) is 0 Å². The van der Waals surface area contributed by atoms with E-state index in [1.54, 1.807) is 31.2 Å². The van der Waals surface area contributed by atoms with Crippen LogP contribution in [0.5, 0.6) is 11.5 Å². The first-order chi connectivity index (χ1) is 17.7. The highest BCUT2D eigenvalue weighted by Crippen LogP contribution is 2.37. The number of carbonyl (C=O) groups excluding carboxylic acids is 1. The molecule has 0 spiro atoms. The van der Waals surface area contributed by atoms with Gasteiger partial charge in [0.05, 0.1) is 37.2 Å². The van der Waals surface area contributed by atoms with Crippen LogP contribution in [-0.4, -0.2) is 31.4 Å². The molecule has 0 fully saturated rings. The van der Waals surface area contributed by atoms with E-state index in [0.717, 1.165) is 18.5 Å². The topological polar surface area (TPSA) is 79.1 Å². The SMILES string of the molecule is C=CCOc1c(I)cc(/C=c2\sc3n(c2=O)[C@H](c2cc(Cl)ccc2OC)C(C(=O)OC)=C(C)N=3)cc1I. The van der Waals surface area contributed by atoms with Crippen LogP contribution in [0.1, 0.15) is 24.1 Å². The van der Waals surface area contributed by atoms with Gasteiger partial charge in [0.15, 0.2) is 4.80 Å². The number of halogens is 3. The Hall–Kier alpha value is -2.16. The van der Waals surface area contributed by atoms with Gasteiger partial charge in [-0.3, -0.25) is 9.36 Å². The van der Waals surface area contributed by atoms with Gasteiger partial charge in [0, 0.05) is 10.6 Å². The standard InChI is InChI=1S/C26H21ClI2N2O5S/c1-5-8-36-23-17(28)9-14(10-18(23)29)11-20-24(32)31-22(16-12-15(27)6-7-19(16)34-3)21(25(33)35-4)13(2)30-26(31)37-20/h5-7,9-12,22H,1,8H2,2-4H3/b20-11-/t22-/m1/s1. The molecule has 1 aromatic heterocycles. The van der Waals surface area contributed by atoms with Crippen molar-refractivity contribution < 1.29 is 19.0 Å². The lowest BCUT2D eigenvalue weighted by Gasteiger charge is -2.25. The maximum Gasteiger partial charge on any atom is 0.338 e. The number of nitrogens with zero attached hydrogens (tertiary/aromatic N) is 2. The first-order valence-electron chi connectivity index (χ1n) is 10.9. The lowest BCUT2D eigenvalue weighted by molar-refractivity contribution is -0.136. The fourth-order valence-corrected chi connectivity index (χ4v) is 7.35. The number of methoxy groups -OCH3 is 2. The van der Waals surface area contributed by atoms with Crippen molar-refractivity contribution in [3.05, 3.63) is 97.2 Å². The number of ether oxygens (including phenoxy) is 3. The largest absolute Gasteiger partial charge is 0.496 e. The number of allylic oxidation sites excluding steroid dienone is 1. The van der Waals surface area contributed by atoms with E-state index in [1.165, 1.54) is 30.1 Å². The second-order valence-corrected chi connectivity index (χ2v) is 11.6. The van der Waals surface area contributed by atoms with E-state index in [1.807, 2.05) is 18.2 Å². The number of benzene rings is 2. The molecule has 7 nitrogen and oxygen atoms in total. The Morgan fingerprint density at radius 3 is 2.57 bits per heavy atom. The van der Waals surface area contributed by atoms with Crippen molar-refractivity contribution in [2.45, 2.75) is 13.0 Å². The Bertz CT molecular complexity index is 1600. The van der Waals surface area contributed by atoms with Crippen molar-refractivity contribution in [2.24, 2.45) is 4.99 Å². The summed E-state index contributed by atoms with van der Waals surface area (Å²) >= 11 is 12.0. The predicted molar refractivity (Wildman–Crippen MR) is 161 cm³/mol. The summed E-state index contributed by atoms with van der Waals surface area (Å²) in [6.07, 6.45) is 3.51. The molecule has 11 heteroatoms. The average molecular weight is 763 g/mol. The van der Waals surface area contributed by atoms with Crippen LogP contribution in [0.4, 0.5) is 0 Å². The smallest absolute Gasteiger partial charge is 0.338 e. The third-order valence-electron chi connectivity index (χ3n) is 5.58. The van der Waals surface area contributed by atoms with Crippen LogP contribution in [0.15, 0.2) is 64.0 Å². The number of fused-ring (bicyclic) bond motifs is 1. The zero-order chi connectivity index (χ0) is 26.9. The van der Waals surface area contributed by atoms with Crippen LogP contribution in [0.3, 0.4) is 0 Å². The molecule has 4 rings (SSSR count). The van der Waals surface area contributed by atoms with Crippen molar-refractivity contribution in [3.8, 4) is 11.5 Å². The van der Waals surface area contributed by atoms with E-state index >= 15 is 0 Å². The normalized spacial score (nSPS) is 15.2. The molecule has 1 aliphatic heterocycles. The van der Waals surface area contributed by atoms with Crippen LogP contribution in [0, 0.1) is 7.14 Å². The van der Waals surface area contributed by atoms with E-state index in [2.05, 4.69) is 56.8 Å². The van der Waals surface area contributed by atoms with Crippen LogP contribution in [0.2, 0.25) is 5.02 Å². The highest BCUT2D eigenvalue weighted by molar-refractivity contribution is 14.1. The highest BCUT2D eigenvalue weighted by atomic mass is 127. The third-order valence-corrected chi connectivity index (χ3v) is 8.40. The molecule has 0 saturated heterocycles. The number of hydrogen-bond acceptors (Lipinski definition) is 7. The lowest BCUT2D eigenvalue weighted by atomic mass is 9.95. The quantitative estimate of drug-likeness (QED) is 0.196. The molecule has 0 aliphatic carbocycles. The van der Waals surface area contributed by atoms with E-state index < -0.39 is 12.0 Å². The van der Waals surface area contributed by atoms with Crippen molar-refractivity contribution in [1.82, 2.24) is 4.57 Å². The lowest BCUT2D eigenvalue weighted by Crippen LogP contribution is -2.40. The number of carbonyl (C=O) groups is 1. The summed E-state index contributed by atoms with van der Waals surface area (Å²) < 4.78 is 20.2. The van der Waals surface area contributed by atoms with E-state index in [4.69, 9.17) is 25.8 Å². The number of aromatic nitrogens is 1. The molecule has 37 heavy (non-hydrogen) atoms. The third kappa shape index (κ3) is 5.52. The molecular formula is C26H21ClI2N2O5S. The fourth-order valence-electron chi connectivity index (χ4n) is 4.00. The first-order valence-corrected chi connectivity index (χ1v) is 14.2. The molecule has 0 bridgehead atoms. The molecular weight excluding hydrogens is 742 g/mol. The number of thiazole rings is 1. The van der Waals surface area contributed by atoms with Crippen molar-refractivity contribution in [3.63, 3.8) is 0 Å². The van der Waals surface area contributed by atoms with E-state index in [0.29, 0.717) is 38.0 Å². The molecule has 2 heterocycles. The minimum Gasteiger partial charge on any atom is -0.496 e. The van der Waals surface area contributed by atoms with Crippen LogP contribution < -0.4 is 24.4 Å². The molecule has 0 radical (unpaired) electrons. The summed E-state index contributed by atoms with van der Waals surface area (Å²) in [5.74, 6) is 0.673. The van der Waals surface area contributed by atoms with Gasteiger partial charge in [0.25, 0.3) is 5.56 Å². The van der Waals surface area contributed by atoms with E-state index in [9.17, 15) is 9.59 Å². The zero-order valence-electron chi connectivity index (χ0n) is 20.0. The number of hydrogen-bond donors (Lipinski definition) is 0. The van der Waals surface area contributed by atoms with Gasteiger partial charge in [-0.25, -0.2) is 9.79 Å². The average Bonchev–Trinajstić information content (AvgIpc) is 3.16. The van der Waals surface area contributed by atoms with Crippen molar-refractivity contribution in [2.75, 3.05) is 20.8 Å². The molecule has 0 amide bonds. The van der Waals surface area contributed by atoms with Crippen LogP contribution >= 0.6 is 68.1 Å². The van der Waals surface area contributed by atoms with Crippen LogP contribution in [-0.2, 0) is 9.53 Å². The monoisotopic (exact) mass is 762 g/mol. The maximum absolute atomic E-state index is 13.8. The van der Waals surface area contributed by atoms with E-state index in [-0.39, 0.29) is 11.1 Å². The van der Waals surface area contributed by atoms with Gasteiger partial charge in [0.2, 0.25) is 0 Å². The first kappa shape index (κ1) is 27.9. The van der Waals surface area contributed by atoms with Gasteiger partial charge >= 0.3 is 5.97 Å². The Labute approximate surface area is 249 Å². The molecule has 1 aliphatic rings.